The number of nitrogens with zero attached hydrogens (tertiary/aromatic N) is 3. The Kier molecular flexibility index (Phi) is 8.40. The van der Waals surface area contributed by atoms with Gasteiger partial charge in [0, 0.05) is 11.1 Å². The number of carbonyl (C=O) groups excluding carboxylic acids is 2. The van der Waals surface area contributed by atoms with Crippen LogP contribution < -0.4 is 18.9 Å². The van der Waals surface area contributed by atoms with Gasteiger partial charge in [0.05, 0.1) is 23.3 Å². The Bertz CT molecular complexity index is 1730. The van der Waals surface area contributed by atoms with E-state index in [4.69, 9.17) is 30.5 Å². The molecule has 5 rings (SSSR count). The van der Waals surface area contributed by atoms with Crippen LogP contribution in [0.3, 0.4) is 0 Å². The minimum absolute atomic E-state index is 0.00548. The van der Waals surface area contributed by atoms with Crippen LogP contribution in [0.5, 0.6) is 23.0 Å². The Morgan fingerprint density at radius 1 is 0.643 bits per heavy atom. The van der Waals surface area contributed by atoms with E-state index in [1.165, 1.54) is 10.9 Å². The minimum Gasteiger partial charge on any atom is -0.491 e. The molecule has 4 aromatic carbocycles. The molecule has 0 atom stereocenters. The van der Waals surface area contributed by atoms with Crippen molar-refractivity contribution in [3.05, 3.63) is 101 Å². The quantitative estimate of drug-likeness (QED) is 0.133. The van der Waals surface area contributed by atoms with Crippen molar-refractivity contribution in [2.24, 2.45) is 0 Å². The Hall–Kier alpha value is -4.89. The van der Waals surface area contributed by atoms with E-state index in [0.29, 0.717) is 44.4 Å². The zero-order chi connectivity index (χ0) is 29.8. The maximum atomic E-state index is 13.2. The third-order valence-electron chi connectivity index (χ3n) is 5.83. The van der Waals surface area contributed by atoms with Crippen LogP contribution in [0.2, 0.25) is 5.02 Å². The fourth-order valence-corrected chi connectivity index (χ4v) is 4.17. The summed E-state index contributed by atoms with van der Waals surface area (Å²) >= 11 is 6.12. The number of ether oxygens (including phenoxy) is 4. The van der Waals surface area contributed by atoms with Gasteiger partial charge in [-0.25, -0.2) is 9.59 Å². The maximum absolute atomic E-state index is 13.2. The summed E-state index contributed by atoms with van der Waals surface area (Å²) in [6, 6.07) is 23.0. The first kappa shape index (κ1) is 28.6. The lowest BCUT2D eigenvalue weighted by atomic mass is 10.2. The highest BCUT2D eigenvalue weighted by Gasteiger charge is 2.19. The Balaban J connectivity index is 1.44. The summed E-state index contributed by atoms with van der Waals surface area (Å²) in [7, 11) is 0. The first-order chi connectivity index (χ1) is 20.1. The van der Waals surface area contributed by atoms with Crippen molar-refractivity contribution in [3.8, 4) is 28.7 Å². The number of rotatable bonds is 9. The summed E-state index contributed by atoms with van der Waals surface area (Å²) in [5.74, 6) is 0.301. The predicted octanol–water partition coefficient (Wildman–Crippen LogP) is 7.09. The van der Waals surface area contributed by atoms with Gasteiger partial charge >= 0.3 is 11.9 Å². The van der Waals surface area contributed by atoms with Crippen molar-refractivity contribution in [1.82, 2.24) is 15.0 Å². The van der Waals surface area contributed by atoms with Crippen molar-refractivity contribution >= 4 is 34.6 Å². The van der Waals surface area contributed by atoms with Gasteiger partial charge in [-0.2, -0.15) is 0 Å². The van der Waals surface area contributed by atoms with Crippen molar-refractivity contribution in [2.75, 3.05) is 0 Å². The number of fused-ring (bicyclic) bond motifs is 1. The van der Waals surface area contributed by atoms with E-state index in [0.717, 1.165) is 0 Å². The molecule has 0 bridgehead atoms. The number of benzene rings is 4. The molecule has 0 saturated carbocycles. The van der Waals surface area contributed by atoms with Crippen LogP contribution in [0.25, 0.3) is 16.7 Å². The molecule has 10 heteroatoms. The van der Waals surface area contributed by atoms with Crippen LogP contribution in [0, 0.1) is 0 Å². The topological polar surface area (TPSA) is 102 Å². The fourth-order valence-electron chi connectivity index (χ4n) is 4.01. The molecular weight excluding hydrogens is 558 g/mol. The molecule has 0 unspecified atom stereocenters. The van der Waals surface area contributed by atoms with E-state index >= 15 is 0 Å². The average molecular weight is 586 g/mol. The molecular formula is C32H28ClN3O6. The Morgan fingerprint density at radius 2 is 1.17 bits per heavy atom. The molecule has 42 heavy (non-hydrogen) atoms. The van der Waals surface area contributed by atoms with Gasteiger partial charge in [-0.15, -0.1) is 15.0 Å². The summed E-state index contributed by atoms with van der Waals surface area (Å²) in [5.41, 5.74) is 2.13. The first-order valence-electron chi connectivity index (χ1n) is 13.3. The van der Waals surface area contributed by atoms with Gasteiger partial charge in [0.15, 0.2) is 5.75 Å². The van der Waals surface area contributed by atoms with Crippen LogP contribution in [-0.4, -0.2) is 39.1 Å². The van der Waals surface area contributed by atoms with Crippen molar-refractivity contribution in [3.63, 3.8) is 0 Å². The molecule has 0 saturated heterocycles. The standard InChI is InChI=1S/C32H28ClN3O6/c1-19(2)39-24-10-5-21(6-11-24)31(37)41-26-14-16-29(36-34-27-15-9-23(33)17-28(27)35-36)30(18-26)42-32(38)22-7-12-25(13-8-22)40-20(3)4/h5-20H,1-4H3. The second-order valence-electron chi connectivity index (χ2n) is 9.91. The normalized spacial score (nSPS) is 11.1. The molecule has 9 nitrogen and oxygen atoms in total. The number of hydrogen-bond acceptors (Lipinski definition) is 8. The van der Waals surface area contributed by atoms with Gasteiger partial charge < -0.3 is 18.9 Å². The van der Waals surface area contributed by atoms with Crippen LogP contribution in [0.15, 0.2) is 84.9 Å². The second-order valence-corrected chi connectivity index (χ2v) is 10.3. The van der Waals surface area contributed by atoms with Gasteiger partial charge in [-0.3, -0.25) is 0 Å². The zero-order valence-corrected chi connectivity index (χ0v) is 24.2. The van der Waals surface area contributed by atoms with Gasteiger partial charge in [0.1, 0.15) is 34.0 Å². The molecule has 0 aliphatic rings. The van der Waals surface area contributed by atoms with E-state index < -0.39 is 11.9 Å². The molecule has 5 aromatic rings. The maximum Gasteiger partial charge on any atom is 0.343 e. The van der Waals surface area contributed by atoms with Crippen LogP contribution in [-0.2, 0) is 0 Å². The number of hydrogen-bond donors (Lipinski definition) is 0. The SMILES string of the molecule is CC(C)Oc1ccc(C(=O)Oc2ccc(-n3nc4ccc(Cl)cc4n3)c(OC(=O)c3ccc(OC(C)C)cc3)c2)cc1. The molecule has 0 N–H and O–H groups in total. The average Bonchev–Trinajstić information content (AvgIpc) is 3.36. The number of carbonyl (C=O) groups is 2. The van der Waals surface area contributed by atoms with Crippen molar-refractivity contribution < 1.29 is 28.5 Å². The second kappa shape index (κ2) is 12.3. The highest BCUT2D eigenvalue weighted by Crippen LogP contribution is 2.30. The van der Waals surface area contributed by atoms with Gasteiger partial charge in [0.2, 0.25) is 0 Å². The van der Waals surface area contributed by atoms with Crippen LogP contribution in [0.1, 0.15) is 48.4 Å². The smallest absolute Gasteiger partial charge is 0.343 e. The van der Waals surface area contributed by atoms with E-state index in [-0.39, 0.29) is 23.7 Å². The highest BCUT2D eigenvalue weighted by molar-refractivity contribution is 6.31. The predicted molar refractivity (Wildman–Crippen MR) is 158 cm³/mol. The molecule has 0 amide bonds. The number of esters is 2. The number of halogens is 1. The van der Waals surface area contributed by atoms with Gasteiger partial charge in [-0.1, -0.05) is 11.6 Å². The van der Waals surface area contributed by atoms with Gasteiger partial charge in [0.25, 0.3) is 0 Å². The van der Waals surface area contributed by atoms with E-state index in [2.05, 4.69) is 10.2 Å². The fraction of sp³-hybridized carbons (Fsp3) is 0.188. The lowest BCUT2D eigenvalue weighted by molar-refractivity contribution is 0.0732. The molecule has 0 aliphatic heterocycles. The molecule has 1 aromatic heterocycles. The van der Waals surface area contributed by atoms with E-state index in [1.54, 1.807) is 78.9 Å². The summed E-state index contributed by atoms with van der Waals surface area (Å²) in [6.07, 6.45) is 0.00157. The number of aromatic nitrogens is 3. The first-order valence-corrected chi connectivity index (χ1v) is 13.7. The lowest BCUT2D eigenvalue weighted by Gasteiger charge is -2.13. The summed E-state index contributed by atoms with van der Waals surface area (Å²) < 4.78 is 22.7. The highest BCUT2D eigenvalue weighted by atomic mass is 35.5. The third-order valence-corrected chi connectivity index (χ3v) is 6.06. The third kappa shape index (κ3) is 6.87. The Labute approximate surface area is 247 Å². The largest absolute Gasteiger partial charge is 0.491 e. The van der Waals surface area contributed by atoms with Gasteiger partial charge in [-0.05, 0) is 107 Å². The lowest BCUT2D eigenvalue weighted by Crippen LogP contribution is -2.13. The summed E-state index contributed by atoms with van der Waals surface area (Å²) in [5, 5.41) is 9.49. The summed E-state index contributed by atoms with van der Waals surface area (Å²) in [6.45, 7) is 7.67. The zero-order valence-electron chi connectivity index (χ0n) is 23.4. The molecule has 1 heterocycles. The minimum atomic E-state index is -0.628. The van der Waals surface area contributed by atoms with Crippen LogP contribution >= 0.6 is 11.6 Å². The monoisotopic (exact) mass is 585 g/mol. The van der Waals surface area contributed by atoms with Crippen molar-refractivity contribution in [2.45, 2.75) is 39.9 Å². The molecule has 214 valence electrons. The molecule has 0 aliphatic carbocycles. The Morgan fingerprint density at radius 3 is 1.74 bits per heavy atom. The molecule has 0 spiro atoms. The molecule has 0 radical (unpaired) electrons. The van der Waals surface area contributed by atoms with Crippen LogP contribution in [0.4, 0.5) is 0 Å². The molecule has 0 fully saturated rings. The van der Waals surface area contributed by atoms with Crippen molar-refractivity contribution in [1.29, 1.82) is 0 Å². The van der Waals surface area contributed by atoms with E-state index in [9.17, 15) is 9.59 Å². The van der Waals surface area contributed by atoms with E-state index in [1.807, 2.05) is 27.7 Å². The summed E-state index contributed by atoms with van der Waals surface area (Å²) in [4.78, 5) is 27.4.